The molecule has 0 amide bonds. The summed E-state index contributed by atoms with van der Waals surface area (Å²) in [5, 5.41) is 3.32. The van der Waals surface area contributed by atoms with Crippen molar-refractivity contribution in [1.82, 2.24) is 10.2 Å². The van der Waals surface area contributed by atoms with E-state index in [0.29, 0.717) is 6.04 Å². The van der Waals surface area contributed by atoms with Gasteiger partial charge < -0.3 is 5.32 Å². The summed E-state index contributed by atoms with van der Waals surface area (Å²) in [5.41, 5.74) is 2.82. The number of aryl methyl sites for hydroxylation is 1. The van der Waals surface area contributed by atoms with Gasteiger partial charge in [0.05, 0.1) is 0 Å². The van der Waals surface area contributed by atoms with Crippen molar-refractivity contribution in [3.8, 4) is 0 Å². The molecule has 94 valence electrons. The number of likely N-dealkylation sites (N-methyl/N-ethyl adjacent to an activating group) is 1. The number of benzene rings is 1. The Bertz CT molecular complexity index is 347. The molecule has 1 heterocycles. The summed E-state index contributed by atoms with van der Waals surface area (Å²) >= 11 is 0. The lowest BCUT2D eigenvalue weighted by Gasteiger charge is -2.35. The monoisotopic (exact) mass is 232 g/mol. The van der Waals surface area contributed by atoms with Crippen LogP contribution in [0.15, 0.2) is 24.3 Å². The summed E-state index contributed by atoms with van der Waals surface area (Å²) in [4.78, 5) is 2.63. The number of nitrogens with one attached hydrogen (secondary N) is 1. The molecule has 2 heteroatoms. The van der Waals surface area contributed by atoms with Crippen molar-refractivity contribution >= 4 is 0 Å². The van der Waals surface area contributed by atoms with Gasteiger partial charge in [-0.3, -0.25) is 4.90 Å². The highest BCUT2D eigenvalue weighted by Crippen LogP contribution is 2.19. The first-order valence-electron chi connectivity index (χ1n) is 6.74. The molecule has 1 unspecified atom stereocenters. The number of rotatable bonds is 4. The van der Waals surface area contributed by atoms with Crippen LogP contribution in [0.4, 0.5) is 0 Å². The third-order valence-electron chi connectivity index (χ3n) is 3.66. The average molecular weight is 232 g/mol. The van der Waals surface area contributed by atoms with Gasteiger partial charge in [0.25, 0.3) is 0 Å². The zero-order chi connectivity index (χ0) is 12.1. The van der Waals surface area contributed by atoms with Crippen molar-refractivity contribution in [2.75, 3.05) is 20.1 Å². The van der Waals surface area contributed by atoms with E-state index >= 15 is 0 Å². The first-order chi connectivity index (χ1) is 8.29. The minimum Gasteiger partial charge on any atom is -0.318 e. The predicted molar refractivity (Wildman–Crippen MR) is 73.2 cm³/mol. The van der Waals surface area contributed by atoms with Gasteiger partial charge in [0.2, 0.25) is 0 Å². The first kappa shape index (κ1) is 12.6. The second-order valence-corrected chi connectivity index (χ2v) is 5.17. The van der Waals surface area contributed by atoms with Crippen LogP contribution in [-0.2, 0) is 6.54 Å². The molecule has 0 spiro atoms. The molecular formula is C15H24N2. The van der Waals surface area contributed by atoms with Crippen LogP contribution < -0.4 is 5.32 Å². The van der Waals surface area contributed by atoms with Crippen LogP contribution >= 0.6 is 0 Å². The van der Waals surface area contributed by atoms with Crippen molar-refractivity contribution in [3.63, 3.8) is 0 Å². The van der Waals surface area contributed by atoms with Gasteiger partial charge in [-0.1, -0.05) is 36.2 Å². The van der Waals surface area contributed by atoms with Crippen LogP contribution in [0.5, 0.6) is 0 Å². The summed E-state index contributed by atoms with van der Waals surface area (Å²) in [7, 11) is 2.06. The van der Waals surface area contributed by atoms with Gasteiger partial charge in [0, 0.05) is 19.1 Å². The molecule has 1 aliphatic heterocycles. The summed E-state index contributed by atoms with van der Waals surface area (Å²) in [6.07, 6.45) is 4.08. The van der Waals surface area contributed by atoms with Crippen molar-refractivity contribution in [1.29, 1.82) is 0 Å². The van der Waals surface area contributed by atoms with Gasteiger partial charge in [-0.05, 0) is 38.9 Å². The molecule has 1 N–H and O–H groups in total. The molecule has 0 bridgehead atoms. The average Bonchev–Trinajstić information content (AvgIpc) is 2.32. The molecule has 17 heavy (non-hydrogen) atoms. The topological polar surface area (TPSA) is 15.3 Å². The number of hydrogen-bond acceptors (Lipinski definition) is 2. The zero-order valence-corrected chi connectivity index (χ0v) is 11.1. The Balaban J connectivity index is 2.00. The smallest absolute Gasteiger partial charge is 0.0237 e. The zero-order valence-electron chi connectivity index (χ0n) is 11.1. The lowest BCUT2D eigenvalue weighted by Crippen LogP contribution is -2.44. The molecule has 2 nitrogen and oxygen atoms in total. The van der Waals surface area contributed by atoms with E-state index in [9.17, 15) is 0 Å². The minimum absolute atomic E-state index is 0.717. The third-order valence-corrected chi connectivity index (χ3v) is 3.66. The van der Waals surface area contributed by atoms with Gasteiger partial charge in [0.1, 0.15) is 0 Å². The van der Waals surface area contributed by atoms with E-state index in [-0.39, 0.29) is 0 Å². The quantitative estimate of drug-likeness (QED) is 0.858. The second-order valence-electron chi connectivity index (χ2n) is 5.17. The highest BCUT2D eigenvalue weighted by molar-refractivity contribution is 5.22. The molecule has 1 aromatic carbocycles. The highest BCUT2D eigenvalue weighted by atomic mass is 15.2. The SMILES string of the molecule is CNCC1CCCCN1Cc1cccc(C)c1. The maximum Gasteiger partial charge on any atom is 0.0237 e. The molecule has 0 radical (unpaired) electrons. The normalized spacial score (nSPS) is 21.6. The van der Waals surface area contributed by atoms with Crippen molar-refractivity contribution < 1.29 is 0 Å². The van der Waals surface area contributed by atoms with E-state index in [1.54, 1.807) is 0 Å². The molecule has 1 saturated heterocycles. The fourth-order valence-electron chi connectivity index (χ4n) is 2.78. The van der Waals surface area contributed by atoms with E-state index in [1.807, 2.05) is 0 Å². The van der Waals surface area contributed by atoms with E-state index in [0.717, 1.165) is 13.1 Å². The Morgan fingerprint density at radius 3 is 3.00 bits per heavy atom. The molecular weight excluding hydrogens is 208 g/mol. The van der Waals surface area contributed by atoms with E-state index in [1.165, 1.54) is 36.9 Å². The number of likely N-dealkylation sites (tertiary alicyclic amines) is 1. The first-order valence-corrected chi connectivity index (χ1v) is 6.74. The maximum atomic E-state index is 3.32. The maximum absolute atomic E-state index is 3.32. The Labute approximate surface area is 105 Å². The second kappa shape index (κ2) is 6.18. The summed E-state index contributed by atoms with van der Waals surface area (Å²) in [6, 6.07) is 9.62. The van der Waals surface area contributed by atoms with Crippen molar-refractivity contribution in [2.45, 2.75) is 38.8 Å². The molecule has 0 aliphatic carbocycles. The number of piperidine rings is 1. The predicted octanol–water partition coefficient (Wildman–Crippen LogP) is 2.57. The standard InChI is InChI=1S/C15H24N2/c1-13-6-5-7-14(10-13)12-17-9-4-3-8-15(17)11-16-2/h5-7,10,15-16H,3-4,8-9,11-12H2,1-2H3. The third kappa shape index (κ3) is 3.55. The summed E-state index contributed by atoms with van der Waals surface area (Å²) < 4.78 is 0. The Morgan fingerprint density at radius 1 is 1.35 bits per heavy atom. The van der Waals surface area contributed by atoms with Gasteiger partial charge in [0.15, 0.2) is 0 Å². The van der Waals surface area contributed by atoms with Crippen LogP contribution in [0.25, 0.3) is 0 Å². The van der Waals surface area contributed by atoms with E-state index in [2.05, 4.69) is 48.5 Å². The van der Waals surface area contributed by atoms with Gasteiger partial charge in [-0.2, -0.15) is 0 Å². The fourth-order valence-corrected chi connectivity index (χ4v) is 2.78. The van der Waals surface area contributed by atoms with Gasteiger partial charge in [-0.25, -0.2) is 0 Å². The van der Waals surface area contributed by atoms with E-state index in [4.69, 9.17) is 0 Å². The largest absolute Gasteiger partial charge is 0.318 e. The Kier molecular flexibility index (Phi) is 4.57. The van der Waals surface area contributed by atoms with Crippen molar-refractivity contribution in [2.24, 2.45) is 0 Å². The lowest BCUT2D eigenvalue weighted by atomic mass is 10.0. The minimum atomic E-state index is 0.717. The molecule has 1 aliphatic rings. The lowest BCUT2D eigenvalue weighted by molar-refractivity contribution is 0.139. The Morgan fingerprint density at radius 2 is 2.24 bits per heavy atom. The molecule has 0 saturated carbocycles. The molecule has 1 aromatic rings. The fraction of sp³-hybridized carbons (Fsp3) is 0.600. The van der Waals surface area contributed by atoms with E-state index < -0.39 is 0 Å². The van der Waals surface area contributed by atoms with Crippen LogP contribution in [0.1, 0.15) is 30.4 Å². The van der Waals surface area contributed by atoms with Crippen LogP contribution in [-0.4, -0.2) is 31.1 Å². The number of hydrogen-bond donors (Lipinski definition) is 1. The highest BCUT2D eigenvalue weighted by Gasteiger charge is 2.21. The van der Waals surface area contributed by atoms with Crippen LogP contribution in [0.2, 0.25) is 0 Å². The number of nitrogens with zero attached hydrogens (tertiary/aromatic N) is 1. The van der Waals surface area contributed by atoms with Crippen molar-refractivity contribution in [3.05, 3.63) is 35.4 Å². The molecule has 0 aromatic heterocycles. The van der Waals surface area contributed by atoms with Gasteiger partial charge >= 0.3 is 0 Å². The Hall–Kier alpha value is -0.860. The van der Waals surface area contributed by atoms with Crippen LogP contribution in [0, 0.1) is 6.92 Å². The van der Waals surface area contributed by atoms with Crippen LogP contribution in [0.3, 0.4) is 0 Å². The summed E-state index contributed by atoms with van der Waals surface area (Å²) in [6.45, 7) is 5.64. The molecule has 2 rings (SSSR count). The summed E-state index contributed by atoms with van der Waals surface area (Å²) in [5.74, 6) is 0. The van der Waals surface area contributed by atoms with Gasteiger partial charge in [-0.15, -0.1) is 0 Å². The molecule has 1 fully saturated rings. The molecule has 1 atom stereocenters.